The van der Waals surface area contributed by atoms with E-state index < -0.39 is 15.4 Å². The lowest BCUT2D eigenvalue weighted by molar-refractivity contribution is -0.130. The van der Waals surface area contributed by atoms with Gasteiger partial charge in [0.25, 0.3) is 0 Å². The molecule has 0 radical (unpaired) electrons. The lowest BCUT2D eigenvalue weighted by Crippen LogP contribution is -2.44. The minimum atomic E-state index is -3.73. The van der Waals surface area contributed by atoms with Crippen LogP contribution in [0.5, 0.6) is 0 Å². The molecule has 0 saturated carbocycles. The molecular weight excluding hydrogens is 366 g/mol. The topological polar surface area (TPSA) is 86.8 Å². The second kappa shape index (κ2) is 6.59. The van der Waals surface area contributed by atoms with Crippen molar-refractivity contribution in [3.63, 3.8) is 0 Å². The van der Waals surface area contributed by atoms with Crippen LogP contribution in [0.4, 0.5) is 0 Å². The fourth-order valence-electron chi connectivity index (χ4n) is 3.42. The number of hydrogen-bond donors (Lipinski definition) is 1. The number of sulfonamides is 1. The molecule has 2 aliphatic heterocycles. The molecule has 1 N–H and O–H groups in total. The zero-order chi connectivity index (χ0) is 18.2. The van der Waals surface area contributed by atoms with Crippen molar-refractivity contribution in [2.45, 2.75) is 18.2 Å². The molecule has 1 atom stereocenters. The molecule has 0 aliphatic carbocycles. The Labute approximate surface area is 152 Å². The van der Waals surface area contributed by atoms with Gasteiger partial charge in [-0.2, -0.15) is 4.31 Å². The second-order valence-corrected chi connectivity index (χ2v) is 9.06. The van der Waals surface area contributed by atoms with Crippen LogP contribution in [0.15, 0.2) is 29.2 Å². The monoisotopic (exact) mass is 385 g/mol. The molecule has 2 aliphatic rings. The highest BCUT2D eigenvalue weighted by Crippen LogP contribution is 2.33. The molecule has 7 nitrogen and oxygen atoms in total. The summed E-state index contributed by atoms with van der Waals surface area (Å²) in [5, 5.41) is 3.23. The lowest BCUT2D eigenvalue weighted by atomic mass is 9.86. The molecule has 1 spiro atoms. The fourth-order valence-corrected chi connectivity index (χ4v) is 5.09. The zero-order valence-corrected chi connectivity index (χ0v) is 15.4. The molecule has 0 aromatic heterocycles. The summed E-state index contributed by atoms with van der Waals surface area (Å²) in [4.78, 5) is 25.4. The number of halogens is 1. The molecule has 0 bridgehead atoms. The van der Waals surface area contributed by atoms with Gasteiger partial charge >= 0.3 is 0 Å². The maximum Gasteiger partial charge on any atom is 0.243 e. The Morgan fingerprint density at radius 3 is 2.44 bits per heavy atom. The molecule has 9 heteroatoms. The van der Waals surface area contributed by atoms with Crippen molar-refractivity contribution in [3.05, 3.63) is 29.3 Å². The second-order valence-electron chi connectivity index (χ2n) is 6.69. The summed E-state index contributed by atoms with van der Waals surface area (Å²) < 4.78 is 27.4. The van der Waals surface area contributed by atoms with Gasteiger partial charge in [0.15, 0.2) is 0 Å². The van der Waals surface area contributed by atoms with Crippen LogP contribution in [0.25, 0.3) is 0 Å². The normalized spacial score (nSPS) is 25.0. The maximum absolute atomic E-state index is 13.0. The first-order valence-electron chi connectivity index (χ1n) is 8.00. The molecule has 2 fully saturated rings. The molecule has 136 valence electrons. The van der Waals surface area contributed by atoms with Crippen LogP contribution in [0.3, 0.4) is 0 Å². The van der Waals surface area contributed by atoms with E-state index in [1.807, 2.05) is 0 Å². The van der Waals surface area contributed by atoms with Crippen molar-refractivity contribution < 1.29 is 18.0 Å². The van der Waals surface area contributed by atoms with Crippen molar-refractivity contribution in [1.82, 2.24) is 14.5 Å². The summed E-state index contributed by atoms with van der Waals surface area (Å²) in [5.41, 5.74) is -0.598. The Morgan fingerprint density at radius 2 is 1.88 bits per heavy atom. The van der Waals surface area contributed by atoms with Gasteiger partial charge < -0.3 is 10.2 Å². The maximum atomic E-state index is 13.0. The van der Waals surface area contributed by atoms with Gasteiger partial charge in [0.1, 0.15) is 0 Å². The van der Waals surface area contributed by atoms with E-state index >= 15 is 0 Å². The Hall–Kier alpha value is -1.64. The van der Waals surface area contributed by atoms with Gasteiger partial charge in [-0.1, -0.05) is 11.6 Å². The van der Waals surface area contributed by atoms with E-state index in [9.17, 15) is 18.0 Å². The quantitative estimate of drug-likeness (QED) is 0.811. The summed E-state index contributed by atoms with van der Waals surface area (Å²) in [6.45, 7) is 2.89. The van der Waals surface area contributed by atoms with E-state index in [1.165, 1.54) is 35.5 Å². The van der Waals surface area contributed by atoms with Crippen LogP contribution >= 0.6 is 11.6 Å². The van der Waals surface area contributed by atoms with Crippen molar-refractivity contribution in [1.29, 1.82) is 0 Å². The van der Waals surface area contributed by atoms with Gasteiger partial charge in [0.2, 0.25) is 21.8 Å². The van der Waals surface area contributed by atoms with Crippen LogP contribution in [0.1, 0.15) is 13.3 Å². The highest BCUT2D eigenvalue weighted by atomic mass is 35.5. The van der Waals surface area contributed by atoms with Crippen LogP contribution < -0.4 is 5.32 Å². The standard InChI is InChI=1S/C16H20ClN3O4S/c1-12(21)19-6-7-20(11-16(10-19)8-15(22)18-9-16)25(23,24)14-4-2-13(17)3-5-14/h2-5H,6-11H2,1H3,(H,18,22)/t16-/m1/s1. The number of carbonyl (C=O) groups is 2. The fraction of sp³-hybridized carbons (Fsp3) is 0.500. The van der Waals surface area contributed by atoms with E-state index in [4.69, 9.17) is 11.6 Å². The summed E-state index contributed by atoms with van der Waals surface area (Å²) in [6.07, 6.45) is 0.212. The van der Waals surface area contributed by atoms with Crippen molar-refractivity contribution in [3.8, 4) is 0 Å². The first kappa shape index (κ1) is 18.2. The molecule has 2 heterocycles. The lowest BCUT2D eigenvalue weighted by Gasteiger charge is -2.32. The van der Waals surface area contributed by atoms with Crippen LogP contribution in [0.2, 0.25) is 5.02 Å². The van der Waals surface area contributed by atoms with E-state index in [0.29, 0.717) is 24.7 Å². The average molecular weight is 386 g/mol. The van der Waals surface area contributed by atoms with Crippen LogP contribution in [-0.2, 0) is 19.6 Å². The number of nitrogens with one attached hydrogen (secondary N) is 1. The van der Waals surface area contributed by atoms with Crippen molar-refractivity contribution in [2.75, 3.05) is 32.7 Å². The molecular formula is C16H20ClN3O4S. The molecule has 1 aromatic carbocycles. The van der Waals surface area contributed by atoms with E-state index in [0.717, 1.165) is 0 Å². The number of nitrogens with zero attached hydrogens (tertiary/aromatic N) is 2. The predicted molar refractivity (Wildman–Crippen MR) is 92.5 cm³/mol. The number of carbonyl (C=O) groups excluding carboxylic acids is 2. The SMILES string of the molecule is CC(=O)N1CCN(S(=O)(=O)c2ccc(Cl)cc2)C[C@]2(CNC(=O)C2)C1. The summed E-state index contributed by atoms with van der Waals surface area (Å²) in [5.74, 6) is -0.237. The number of hydrogen-bond acceptors (Lipinski definition) is 4. The zero-order valence-electron chi connectivity index (χ0n) is 13.9. The summed E-state index contributed by atoms with van der Waals surface area (Å²) in [6, 6.07) is 6.00. The molecule has 0 unspecified atom stereocenters. The van der Waals surface area contributed by atoms with Crippen molar-refractivity contribution in [2.24, 2.45) is 5.41 Å². The highest BCUT2D eigenvalue weighted by Gasteiger charge is 2.46. The Bertz CT molecular complexity index is 796. The van der Waals surface area contributed by atoms with Gasteiger partial charge in [-0.15, -0.1) is 0 Å². The highest BCUT2D eigenvalue weighted by molar-refractivity contribution is 7.89. The third kappa shape index (κ3) is 3.65. The van der Waals surface area contributed by atoms with Gasteiger partial charge in [-0.3, -0.25) is 9.59 Å². The largest absolute Gasteiger partial charge is 0.355 e. The number of rotatable bonds is 2. The molecule has 2 amide bonds. The smallest absolute Gasteiger partial charge is 0.243 e. The van der Waals surface area contributed by atoms with Gasteiger partial charge in [0, 0.05) is 56.5 Å². The Balaban J connectivity index is 1.94. The minimum absolute atomic E-state index is 0.116. The Kier molecular flexibility index (Phi) is 4.78. The molecule has 2 saturated heterocycles. The van der Waals surface area contributed by atoms with Crippen molar-refractivity contribution >= 4 is 33.4 Å². The van der Waals surface area contributed by atoms with Gasteiger partial charge in [-0.25, -0.2) is 8.42 Å². The third-order valence-electron chi connectivity index (χ3n) is 4.75. The average Bonchev–Trinajstić information content (AvgIpc) is 2.78. The van der Waals surface area contributed by atoms with E-state index in [-0.39, 0.29) is 36.2 Å². The summed E-state index contributed by atoms with van der Waals surface area (Å²) >= 11 is 5.84. The first-order chi connectivity index (χ1) is 11.7. The van der Waals surface area contributed by atoms with Gasteiger partial charge in [-0.05, 0) is 24.3 Å². The van der Waals surface area contributed by atoms with Crippen LogP contribution in [-0.4, -0.2) is 62.2 Å². The molecule has 3 rings (SSSR count). The minimum Gasteiger partial charge on any atom is -0.355 e. The number of benzene rings is 1. The van der Waals surface area contributed by atoms with Crippen LogP contribution in [0, 0.1) is 5.41 Å². The predicted octanol–water partition coefficient (Wildman–Crippen LogP) is 0.699. The summed E-state index contributed by atoms with van der Waals surface area (Å²) in [7, 11) is -3.73. The van der Waals surface area contributed by atoms with E-state index in [1.54, 1.807) is 4.90 Å². The molecule has 25 heavy (non-hydrogen) atoms. The molecule has 1 aromatic rings. The first-order valence-corrected chi connectivity index (χ1v) is 9.82. The van der Waals surface area contributed by atoms with Gasteiger partial charge in [0.05, 0.1) is 4.90 Å². The Morgan fingerprint density at radius 1 is 1.20 bits per heavy atom. The number of amides is 2. The van der Waals surface area contributed by atoms with E-state index in [2.05, 4.69) is 5.32 Å². The third-order valence-corrected chi connectivity index (χ3v) is 6.86.